The van der Waals surface area contributed by atoms with Crippen LogP contribution in [0.1, 0.15) is 5.56 Å². The van der Waals surface area contributed by atoms with Crippen LogP contribution in [0.5, 0.6) is 0 Å². The summed E-state index contributed by atoms with van der Waals surface area (Å²) in [5.41, 5.74) is 9.87. The lowest BCUT2D eigenvalue weighted by Crippen LogP contribution is -2.33. The zero-order valence-electron chi connectivity index (χ0n) is 9.60. The van der Waals surface area contributed by atoms with E-state index in [1.807, 2.05) is 36.9 Å². The van der Waals surface area contributed by atoms with Gasteiger partial charge in [0, 0.05) is 18.2 Å². The molecule has 0 spiro atoms. The Balaban J connectivity index is 2.10. The first-order valence-electron chi connectivity index (χ1n) is 5.43. The Morgan fingerprint density at radius 1 is 1.47 bits per heavy atom. The topological polar surface area (TPSA) is 52.0 Å². The van der Waals surface area contributed by atoms with Crippen LogP contribution >= 0.6 is 11.8 Å². The van der Waals surface area contributed by atoms with Crippen molar-refractivity contribution < 1.29 is 0 Å². The normalized spacial score (nSPS) is 20.1. The highest BCUT2D eigenvalue weighted by Gasteiger charge is 2.26. The molecule has 2 atom stereocenters. The van der Waals surface area contributed by atoms with E-state index in [-0.39, 0.29) is 11.4 Å². The van der Waals surface area contributed by atoms with Gasteiger partial charge in [-0.3, -0.25) is 0 Å². The average molecular weight is 246 g/mol. The number of likely N-dealkylation sites (N-methyl/N-ethyl adjacent to an activating group) is 1. The molecule has 0 aliphatic carbocycles. The van der Waals surface area contributed by atoms with Gasteiger partial charge in [0.15, 0.2) is 0 Å². The third-order valence-corrected chi connectivity index (χ3v) is 3.94. The van der Waals surface area contributed by atoms with E-state index in [0.29, 0.717) is 0 Å². The fraction of sp³-hybridized carbons (Fsp3) is 0.333. The first-order chi connectivity index (χ1) is 8.31. The molecule has 0 amide bonds. The standard InChI is InChI=1S/C12H14N4S/c1-16-7-8-17-12(16)11(14-15-13)9-10-5-3-2-4-6-10/h2-8,11-12H,9H2,1H3. The van der Waals surface area contributed by atoms with Gasteiger partial charge >= 0.3 is 0 Å². The molecule has 1 aromatic rings. The lowest BCUT2D eigenvalue weighted by atomic mass is 10.1. The summed E-state index contributed by atoms with van der Waals surface area (Å²) in [5, 5.41) is 6.17. The van der Waals surface area contributed by atoms with Gasteiger partial charge in [-0.05, 0) is 22.9 Å². The summed E-state index contributed by atoms with van der Waals surface area (Å²) < 4.78 is 0. The quantitative estimate of drug-likeness (QED) is 0.464. The van der Waals surface area contributed by atoms with Gasteiger partial charge in [0.25, 0.3) is 0 Å². The third kappa shape index (κ3) is 2.96. The second-order valence-electron chi connectivity index (χ2n) is 3.94. The molecule has 1 aliphatic rings. The maximum Gasteiger partial charge on any atom is 0.0870 e. The molecular formula is C12H14N4S. The largest absolute Gasteiger partial charge is 0.367 e. The summed E-state index contributed by atoms with van der Waals surface area (Å²) in [5.74, 6) is 0. The Bertz CT molecular complexity index is 439. The number of thioether (sulfide) groups is 1. The van der Waals surface area contributed by atoms with Gasteiger partial charge < -0.3 is 4.90 Å². The second kappa shape index (κ2) is 5.66. The van der Waals surface area contributed by atoms with Crippen LogP contribution in [0, 0.1) is 0 Å². The van der Waals surface area contributed by atoms with Gasteiger partial charge in [0.1, 0.15) is 0 Å². The van der Waals surface area contributed by atoms with E-state index in [1.54, 1.807) is 11.8 Å². The lowest BCUT2D eigenvalue weighted by Gasteiger charge is -2.25. The molecule has 1 aromatic carbocycles. The predicted octanol–water partition coefficient (Wildman–Crippen LogP) is 3.38. The fourth-order valence-electron chi connectivity index (χ4n) is 1.88. The minimum absolute atomic E-state index is 0.0487. The van der Waals surface area contributed by atoms with Gasteiger partial charge in [-0.1, -0.05) is 35.4 Å². The van der Waals surface area contributed by atoms with E-state index in [2.05, 4.69) is 27.1 Å². The zero-order chi connectivity index (χ0) is 12.1. The minimum Gasteiger partial charge on any atom is -0.367 e. The van der Waals surface area contributed by atoms with Gasteiger partial charge in [-0.25, -0.2) is 0 Å². The maximum absolute atomic E-state index is 8.67. The number of rotatable bonds is 4. The van der Waals surface area contributed by atoms with E-state index in [0.717, 1.165) is 6.42 Å². The van der Waals surface area contributed by atoms with Crippen molar-refractivity contribution in [2.45, 2.75) is 17.8 Å². The van der Waals surface area contributed by atoms with Crippen LogP contribution in [0.25, 0.3) is 10.4 Å². The summed E-state index contributed by atoms with van der Waals surface area (Å²) in [6.45, 7) is 0. The summed E-state index contributed by atoms with van der Waals surface area (Å²) in [6.07, 6.45) is 2.79. The van der Waals surface area contributed by atoms with Crippen LogP contribution in [0.2, 0.25) is 0 Å². The molecule has 0 fully saturated rings. The highest BCUT2D eigenvalue weighted by atomic mass is 32.2. The minimum atomic E-state index is -0.0487. The van der Waals surface area contributed by atoms with Crippen molar-refractivity contribution in [2.75, 3.05) is 7.05 Å². The van der Waals surface area contributed by atoms with Gasteiger partial charge in [0.05, 0.1) is 11.4 Å². The molecule has 17 heavy (non-hydrogen) atoms. The SMILES string of the molecule is CN1C=CSC1C(Cc1ccccc1)N=[N+]=[N-]. The van der Waals surface area contributed by atoms with Crippen LogP contribution < -0.4 is 0 Å². The molecule has 0 aromatic heterocycles. The van der Waals surface area contributed by atoms with Crippen molar-refractivity contribution in [1.82, 2.24) is 4.90 Å². The Labute approximate surface area is 105 Å². The Morgan fingerprint density at radius 2 is 2.24 bits per heavy atom. The molecule has 0 radical (unpaired) electrons. The summed E-state index contributed by atoms with van der Waals surface area (Å²) in [7, 11) is 2.01. The van der Waals surface area contributed by atoms with Crippen LogP contribution in [0.3, 0.4) is 0 Å². The third-order valence-electron chi connectivity index (χ3n) is 2.73. The van der Waals surface area contributed by atoms with Crippen LogP contribution in [0.4, 0.5) is 0 Å². The van der Waals surface area contributed by atoms with Crippen LogP contribution in [0.15, 0.2) is 47.1 Å². The molecule has 2 rings (SSSR count). The molecule has 0 saturated carbocycles. The van der Waals surface area contributed by atoms with Crippen molar-refractivity contribution in [3.8, 4) is 0 Å². The molecule has 0 saturated heterocycles. The predicted molar refractivity (Wildman–Crippen MR) is 71.4 cm³/mol. The number of hydrogen-bond acceptors (Lipinski definition) is 3. The average Bonchev–Trinajstić information content (AvgIpc) is 2.76. The molecule has 0 N–H and O–H groups in total. The van der Waals surface area contributed by atoms with Crippen LogP contribution in [-0.4, -0.2) is 23.4 Å². The molecule has 5 heteroatoms. The van der Waals surface area contributed by atoms with E-state index in [1.165, 1.54) is 5.56 Å². The molecule has 88 valence electrons. The first kappa shape index (κ1) is 11.9. The van der Waals surface area contributed by atoms with Crippen molar-refractivity contribution in [2.24, 2.45) is 5.11 Å². The van der Waals surface area contributed by atoms with E-state index in [4.69, 9.17) is 5.53 Å². The zero-order valence-corrected chi connectivity index (χ0v) is 10.4. The van der Waals surface area contributed by atoms with E-state index in [9.17, 15) is 0 Å². The summed E-state index contributed by atoms with van der Waals surface area (Å²) >= 11 is 1.70. The van der Waals surface area contributed by atoms with Gasteiger partial charge in [-0.2, -0.15) is 0 Å². The molecule has 1 aliphatic heterocycles. The van der Waals surface area contributed by atoms with Crippen LogP contribution in [-0.2, 0) is 6.42 Å². The summed E-state index contributed by atoms with van der Waals surface area (Å²) in [4.78, 5) is 5.06. The molecule has 1 heterocycles. The second-order valence-corrected chi connectivity index (χ2v) is 4.97. The summed E-state index contributed by atoms with van der Waals surface area (Å²) in [6, 6.07) is 10.1. The van der Waals surface area contributed by atoms with Crippen molar-refractivity contribution in [1.29, 1.82) is 0 Å². The van der Waals surface area contributed by atoms with Gasteiger partial charge in [0.2, 0.25) is 0 Å². The number of benzene rings is 1. The van der Waals surface area contributed by atoms with Gasteiger partial charge in [-0.15, -0.1) is 11.8 Å². The number of azide groups is 1. The Hall–Kier alpha value is -1.58. The molecule has 2 unspecified atom stereocenters. The van der Waals surface area contributed by atoms with Crippen molar-refractivity contribution >= 4 is 11.8 Å². The molecular weight excluding hydrogens is 232 g/mol. The Kier molecular flexibility index (Phi) is 3.96. The first-order valence-corrected chi connectivity index (χ1v) is 6.38. The lowest BCUT2D eigenvalue weighted by molar-refractivity contribution is 0.381. The Morgan fingerprint density at radius 3 is 2.82 bits per heavy atom. The smallest absolute Gasteiger partial charge is 0.0870 e. The number of hydrogen-bond donors (Lipinski definition) is 0. The van der Waals surface area contributed by atoms with E-state index >= 15 is 0 Å². The van der Waals surface area contributed by atoms with Crippen molar-refractivity contribution in [3.63, 3.8) is 0 Å². The fourth-order valence-corrected chi connectivity index (χ4v) is 2.89. The molecule has 0 bridgehead atoms. The highest BCUT2D eigenvalue weighted by Crippen LogP contribution is 2.29. The van der Waals surface area contributed by atoms with Crippen molar-refractivity contribution in [3.05, 3.63) is 57.9 Å². The highest BCUT2D eigenvalue weighted by molar-refractivity contribution is 8.02. The maximum atomic E-state index is 8.67. The number of nitrogens with zero attached hydrogens (tertiary/aromatic N) is 4. The monoisotopic (exact) mass is 246 g/mol. The molecule has 4 nitrogen and oxygen atoms in total. The van der Waals surface area contributed by atoms with E-state index < -0.39 is 0 Å².